The Balaban J connectivity index is 1.34. The predicted octanol–water partition coefficient (Wildman–Crippen LogP) is 3.18. The highest BCUT2D eigenvalue weighted by Crippen LogP contribution is 2.69. The highest BCUT2D eigenvalue weighted by Gasteiger charge is 2.77. The minimum atomic E-state index is -1.20. The highest BCUT2D eigenvalue weighted by molar-refractivity contribution is 5.92. The molecular weight excluding hydrogens is 452 g/mol. The predicted molar refractivity (Wildman–Crippen MR) is 121 cm³/mol. The minimum absolute atomic E-state index is 0.0575. The van der Waals surface area contributed by atoms with Gasteiger partial charge in [-0.05, 0) is 58.6 Å². The Morgan fingerprint density at radius 2 is 1.77 bits per heavy atom. The summed E-state index contributed by atoms with van der Waals surface area (Å²) in [5.74, 6) is -2.61. The molecule has 0 aromatic heterocycles. The summed E-state index contributed by atoms with van der Waals surface area (Å²) in [7, 11) is 0. The van der Waals surface area contributed by atoms with Crippen molar-refractivity contribution >= 4 is 17.9 Å². The number of ether oxygens (including phenoxy) is 4. The molecule has 0 bridgehead atoms. The molecule has 0 aromatic rings. The molecule has 3 saturated heterocycles. The molecule has 0 radical (unpaired) electrons. The molecule has 0 aromatic carbocycles. The van der Waals surface area contributed by atoms with Crippen molar-refractivity contribution in [3.05, 3.63) is 23.5 Å². The van der Waals surface area contributed by atoms with E-state index < -0.39 is 22.4 Å². The van der Waals surface area contributed by atoms with Crippen LogP contribution < -0.4 is 0 Å². The fourth-order valence-corrected chi connectivity index (χ4v) is 8.37. The van der Waals surface area contributed by atoms with Crippen molar-refractivity contribution in [2.24, 2.45) is 35.0 Å². The summed E-state index contributed by atoms with van der Waals surface area (Å²) in [5, 5.41) is 12.0. The molecule has 0 amide bonds. The summed E-state index contributed by atoms with van der Waals surface area (Å²) in [6.07, 6.45) is 5.68. The Bertz CT molecular complexity index is 1090. The number of carbonyl (C=O) groups excluding carboxylic acids is 3. The van der Waals surface area contributed by atoms with Crippen LogP contribution in [-0.4, -0.2) is 46.1 Å². The van der Waals surface area contributed by atoms with Crippen molar-refractivity contribution in [3.63, 3.8) is 0 Å². The van der Waals surface area contributed by atoms with E-state index in [9.17, 15) is 19.5 Å². The average Bonchev–Trinajstić information content (AvgIpc) is 3.38. The third kappa shape index (κ3) is 2.95. The smallest absolute Gasteiger partial charge is 0.339 e. The summed E-state index contributed by atoms with van der Waals surface area (Å²) in [5.41, 5.74) is -1.75. The van der Waals surface area contributed by atoms with Gasteiger partial charge in [-0.25, -0.2) is 4.79 Å². The molecule has 8 heteroatoms. The van der Waals surface area contributed by atoms with Gasteiger partial charge in [0, 0.05) is 34.7 Å². The molecule has 0 spiro atoms. The summed E-state index contributed by atoms with van der Waals surface area (Å²) in [6, 6.07) is 0. The van der Waals surface area contributed by atoms with Crippen LogP contribution in [0.4, 0.5) is 0 Å². The lowest BCUT2D eigenvalue weighted by Gasteiger charge is -2.41. The van der Waals surface area contributed by atoms with Gasteiger partial charge in [-0.15, -0.1) is 0 Å². The zero-order chi connectivity index (χ0) is 25.1. The van der Waals surface area contributed by atoms with E-state index in [0.717, 1.165) is 6.42 Å². The number of rotatable bonds is 2. The van der Waals surface area contributed by atoms with Crippen molar-refractivity contribution in [1.29, 1.82) is 0 Å². The largest absolute Gasteiger partial charge is 0.459 e. The number of hydrogen-bond acceptors (Lipinski definition) is 8. The molecule has 4 heterocycles. The maximum absolute atomic E-state index is 12.7. The van der Waals surface area contributed by atoms with E-state index >= 15 is 0 Å². The quantitative estimate of drug-likeness (QED) is 0.468. The lowest BCUT2D eigenvalue weighted by Crippen LogP contribution is -2.50. The van der Waals surface area contributed by atoms with Crippen molar-refractivity contribution in [2.45, 2.75) is 89.8 Å². The Morgan fingerprint density at radius 1 is 1.06 bits per heavy atom. The first-order chi connectivity index (χ1) is 16.3. The van der Waals surface area contributed by atoms with Gasteiger partial charge in [0.15, 0.2) is 0 Å². The van der Waals surface area contributed by atoms with Gasteiger partial charge in [0.1, 0.15) is 11.4 Å². The fraction of sp³-hybridized carbons (Fsp3) is 0.741. The van der Waals surface area contributed by atoms with Gasteiger partial charge in [-0.1, -0.05) is 13.8 Å². The molecule has 9 atom stereocenters. The van der Waals surface area contributed by atoms with E-state index in [0.29, 0.717) is 30.6 Å². The van der Waals surface area contributed by atoms with Crippen LogP contribution in [0.5, 0.6) is 0 Å². The average molecular weight is 487 g/mol. The fourth-order valence-electron chi connectivity index (χ4n) is 8.37. The van der Waals surface area contributed by atoms with E-state index in [-0.39, 0.29) is 60.0 Å². The number of esters is 3. The molecule has 0 unspecified atom stereocenters. The number of allylic oxidation sites excluding steroid dienone is 1. The second kappa shape index (κ2) is 6.97. The van der Waals surface area contributed by atoms with Crippen LogP contribution in [-0.2, 0) is 33.3 Å². The molecule has 5 fully saturated rings. The van der Waals surface area contributed by atoms with Crippen LogP contribution in [0.3, 0.4) is 0 Å². The first-order valence-electron chi connectivity index (χ1n) is 12.8. The Morgan fingerprint density at radius 3 is 2.46 bits per heavy atom. The van der Waals surface area contributed by atoms with Crippen LogP contribution in [0.25, 0.3) is 0 Å². The zero-order valence-corrected chi connectivity index (χ0v) is 21.0. The van der Waals surface area contributed by atoms with Gasteiger partial charge < -0.3 is 24.1 Å². The van der Waals surface area contributed by atoms with Gasteiger partial charge in [-0.2, -0.15) is 0 Å². The van der Waals surface area contributed by atoms with Crippen LogP contribution in [0.15, 0.2) is 23.5 Å². The number of hydrogen-bond donors (Lipinski definition) is 1. The first-order valence-corrected chi connectivity index (χ1v) is 12.8. The van der Waals surface area contributed by atoms with E-state index in [4.69, 9.17) is 18.9 Å². The van der Waals surface area contributed by atoms with Crippen molar-refractivity contribution < 1.29 is 38.4 Å². The first kappa shape index (κ1) is 23.2. The van der Waals surface area contributed by atoms with Gasteiger partial charge in [0.25, 0.3) is 0 Å². The number of cyclic esters (lactones) is 2. The lowest BCUT2D eigenvalue weighted by atomic mass is 9.66. The topological polar surface area (TPSA) is 108 Å². The molecule has 6 rings (SSSR count). The zero-order valence-electron chi connectivity index (χ0n) is 21.0. The van der Waals surface area contributed by atoms with E-state index in [2.05, 4.69) is 0 Å². The normalized spacial score (nSPS) is 49.4. The molecule has 35 heavy (non-hydrogen) atoms. The SMILES string of the molecule is CC1=CC(=C[C@H](C)[C@@]23OC(=O)C[C@]2(C)[C@H]2C[C@]4(O)C[C@@H]5C(=O)OC(C)(C)[C@@H]5CC[C@@H]4[C@H]2O3)OC1=O. The maximum atomic E-state index is 12.7. The van der Waals surface area contributed by atoms with E-state index in [1.54, 1.807) is 19.1 Å². The molecule has 2 saturated carbocycles. The van der Waals surface area contributed by atoms with Gasteiger partial charge in [0.2, 0.25) is 5.79 Å². The van der Waals surface area contributed by atoms with Crippen LogP contribution in [0, 0.1) is 35.0 Å². The standard InChI is InChI=1S/C27H34O8/c1-13-8-15(32-22(13)29)9-14(2)27-25(5,12-20(28)33-27)19-11-26(31)10-16-17(24(3,4)35-23(16)30)6-7-18(26)21(19)34-27/h8-9,14,16-19,21,31H,6-7,10-12H2,1-5H3/t14-,16-,17+,18+,19-,21+,25+,26+,27-/m0/s1. The molecule has 190 valence electrons. The minimum Gasteiger partial charge on any atom is -0.459 e. The Kier molecular flexibility index (Phi) is 4.63. The Hall–Kier alpha value is -2.19. The van der Waals surface area contributed by atoms with Gasteiger partial charge in [0.05, 0.1) is 24.0 Å². The summed E-state index contributed by atoms with van der Waals surface area (Å²) in [4.78, 5) is 37.2. The third-order valence-electron chi connectivity index (χ3n) is 10.1. The monoisotopic (exact) mass is 486 g/mol. The maximum Gasteiger partial charge on any atom is 0.339 e. The van der Waals surface area contributed by atoms with Crippen molar-refractivity contribution in [1.82, 2.24) is 0 Å². The molecule has 2 aliphatic carbocycles. The number of carbonyl (C=O) groups is 3. The molecule has 6 aliphatic rings. The van der Waals surface area contributed by atoms with E-state index in [1.165, 1.54) is 0 Å². The van der Waals surface area contributed by atoms with Crippen molar-refractivity contribution in [3.8, 4) is 0 Å². The lowest BCUT2D eigenvalue weighted by molar-refractivity contribution is -0.257. The van der Waals surface area contributed by atoms with Crippen LogP contribution in [0.2, 0.25) is 0 Å². The van der Waals surface area contributed by atoms with Crippen LogP contribution in [0.1, 0.15) is 66.7 Å². The number of aliphatic hydroxyl groups is 1. The summed E-state index contributed by atoms with van der Waals surface area (Å²) < 4.78 is 23.8. The molecule has 8 nitrogen and oxygen atoms in total. The van der Waals surface area contributed by atoms with Gasteiger partial charge in [-0.3, -0.25) is 9.59 Å². The van der Waals surface area contributed by atoms with Crippen molar-refractivity contribution in [2.75, 3.05) is 0 Å². The van der Waals surface area contributed by atoms with E-state index in [1.807, 2.05) is 27.7 Å². The molecule has 4 aliphatic heterocycles. The summed E-state index contributed by atoms with van der Waals surface area (Å²) >= 11 is 0. The second-order valence-corrected chi connectivity index (χ2v) is 12.4. The second-order valence-electron chi connectivity index (χ2n) is 12.4. The molecular formula is C27H34O8. The third-order valence-corrected chi connectivity index (χ3v) is 10.1. The Labute approximate surface area is 205 Å². The molecule has 1 N–H and O–H groups in total. The summed E-state index contributed by atoms with van der Waals surface area (Å²) in [6.45, 7) is 9.54. The van der Waals surface area contributed by atoms with Gasteiger partial charge >= 0.3 is 17.9 Å². The van der Waals surface area contributed by atoms with Crippen LogP contribution >= 0.6 is 0 Å². The highest BCUT2D eigenvalue weighted by atomic mass is 16.7. The number of fused-ring (bicyclic) bond motifs is 6.